The van der Waals surface area contributed by atoms with Crippen molar-refractivity contribution in [3.05, 3.63) is 0 Å². The van der Waals surface area contributed by atoms with E-state index in [4.69, 9.17) is 10.8 Å². The Hall–Kier alpha value is -0.610. The number of hydrogen-bond acceptors (Lipinski definition) is 3. The molecule has 3 N–H and O–H groups in total. The summed E-state index contributed by atoms with van der Waals surface area (Å²) in [4.78, 5) is 14.0. The molecule has 0 aromatic carbocycles. The summed E-state index contributed by atoms with van der Waals surface area (Å²) < 4.78 is 0. The van der Waals surface area contributed by atoms with Crippen molar-refractivity contribution in [3.63, 3.8) is 0 Å². The van der Waals surface area contributed by atoms with Gasteiger partial charge in [0.15, 0.2) is 0 Å². The van der Waals surface area contributed by atoms with Gasteiger partial charge in [-0.3, -0.25) is 4.79 Å². The Labute approximate surface area is 103 Å². The Bertz CT molecular complexity index is 298. The predicted molar refractivity (Wildman–Crippen MR) is 66.3 cm³/mol. The van der Waals surface area contributed by atoms with Gasteiger partial charge in [0.1, 0.15) is 0 Å². The van der Waals surface area contributed by atoms with Crippen molar-refractivity contribution < 1.29 is 9.90 Å². The lowest BCUT2D eigenvalue weighted by Gasteiger charge is -2.44. The number of amides is 1. The van der Waals surface area contributed by atoms with E-state index in [0.717, 1.165) is 32.4 Å². The first-order chi connectivity index (χ1) is 7.97. The number of carbonyl (C=O) groups is 1. The molecule has 1 heterocycles. The van der Waals surface area contributed by atoms with Crippen molar-refractivity contribution in [2.75, 3.05) is 19.7 Å². The zero-order valence-electron chi connectivity index (χ0n) is 10.9. The molecule has 2 fully saturated rings. The molecule has 0 radical (unpaired) electrons. The second-order valence-electron chi connectivity index (χ2n) is 6.24. The van der Waals surface area contributed by atoms with Gasteiger partial charge in [-0.1, -0.05) is 13.8 Å². The fourth-order valence-corrected chi connectivity index (χ4v) is 3.25. The van der Waals surface area contributed by atoms with E-state index in [1.165, 1.54) is 0 Å². The molecule has 2 aliphatic rings. The highest BCUT2D eigenvalue weighted by atomic mass is 16.3. The lowest BCUT2D eigenvalue weighted by atomic mass is 9.62. The first-order valence-electron chi connectivity index (χ1n) is 6.63. The monoisotopic (exact) mass is 240 g/mol. The molecule has 0 bridgehead atoms. The van der Waals surface area contributed by atoms with Crippen molar-refractivity contribution in [1.29, 1.82) is 0 Å². The summed E-state index contributed by atoms with van der Waals surface area (Å²) in [5.74, 6) is 0.763. The standard InChI is InChI=1S/C13H24N2O2/c1-9(2)11(14)12(17)15-4-3-13(8-15)5-10(6-13)7-16/h9-11,16H,3-8,14H2,1-2H3. The molecular formula is C13H24N2O2. The number of aliphatic hydroxyl groups is 1. The van der Waals surface area contributed by atoms with Crippen LogP contribution in [-0.4, -0.2) is 41.7 Å². The molecule has 98 valence electrons. The number of nitrogens with two attached hydrogens (primary N) is 1. The maximum Gasteiger partial charge on any atom is 0.239 e. The van der Waals surface area contributed by atoms with Crippen LogP contribution in [0.2, 0.25) is 0 Å². The molecule has 1 saturated carbocycles. The fraction of sp³-hybridized carbons (Fsp3) is 0.923. The summed E-state index contributed by atoms with van der Waals surface area (Å²) in [6, 6.07) is -0.362. The van der Waals surface area contributed by atoms with Gasteiger partial charge < -0.3 is 15.7 Å². The third-order valence-corrected chi connectivity index (χ3v) is 4.45. The molecule has 0 aromatic heterocycles. The first kappa shape index (κ1) is 12.8. The minimum atomic E-state index is -0.362. The van der Waals surface area contributed by atoms with Crippen LogP contribution in [0.1, 0.15) is 33.1 Å². The molecule has 1 aliphatic heterocycles. The summed E-state index contributed by atoms with van der Waals surface area (Å²) in [7, 11) is 0. The highest BCUT2D eigenvalue weighted by Crippen LogP contribution is 2.51. The highest BCUT2D eigenvalue weighted by molar-refractivity contribution is 5.82. The van der Waals surface area contributed by atoms with Gasteiger partial charge in [-0.05, 0) is 36.5 Å². The van der Waals surface area contributed by atoms with E-state index in [1.54, 1.807) is 0 Å². The average molecular weight is 240 g/mol. The van der Waals surface area contributed by atoms with E-state index in [0.29, 0.717) is 17.9 Å². The van der Waals surface area contributed by atoms with Gasteiger partial charge in [0, 0.05) is 19.7 Å². The van der Waals surface area contributed by atoms with E-state index in [-0.39, 0.29) is 17.9 Å². The number of nitrogens with zero attached hydrogens (tertiary/aromatic N) is 1. The van der Waals surface area contributed by atoms with Crippen LogP contribution < -0.4 is 5.73 Å². The Balaban J connectivity index is 1.88. The molecule has 17 heavy (non-hydrogen) atoms. The van der Waals surface area contributed by atoms with Gasteiger partial charge in [-0.25, -0.2) is 0 Å². The predicted octanol–water partition coefficient (Wildman–Crippen LogP) is 0.591. The van der Waals surface area contributed by atoms with E-state index in [1.807, 2.05) is 18.7 Å². The van der Waals surface area contributed by atoms with Gasteiger partial charge in [-0.2, -0.15) is 0 Å². The fourth-order valence-electron chi connectivity index (χ4n) is 3.25. The van der Waals surface area contributed by atoms with Crippen molar-refractivity contribution in [2.24, 2.45) is 23.0 Å². The molecule has 1 unspecified atom stereocenters. The molecule has 1 amide bonds. The van der Waals surface area contributed by atoms with Crippen molar-refractivity contribution in [1.82, 2.24) is 4.90 Å². The van der Waals surface area contributed by atoms with Gasteiger partial charge in [0.25, 0.3) is 0 Å². The molecule has 1 atom stereocenters. The first-order valence-corrected chi connectivity index (χ1v) is 6.63. The summed E-state index contributed by atoms with van der Waals surface area (Å²) in [6.07, 6.45) is 3.23. The van der Waals surface area contributed by atoms with E-state index in [2.05, 4.69) is 0 Å². The number of aliphatic hydroxyl groups excluding tert-OH is 1. The molecule has 4 nitrogen and oxygen atoms in total. The smallest absolute Gasteiger partial charge is 0.239 e. The minimum absolute atomic E-state index is 0.101. The summed E-state index contributed by atoms with van der Waals surface area (Å²) in [5.41, 5.74) is 6.22. The third kappa shape index (κ3) is 2.33. The quantitative estimate of drug-likeness (QED) is 0.759. The molecule has 0 aromatic rings. The highest BCUT2D eigenvalue weighted by Gasteiger charge is 2.49. The van der Waals surface area contributed by atoms with Crippen LogP contribution in [0.25, 0.3) is 0 Å². The summed E-state index contributed by atoms with van der Waals surface area (Å²) in [6.45, 7) is 5.96. The second kappa shape index (κ2) is 4.58. The zero-order valence-corrected chi connectivity index (χ0v) is 10.9. The van der Waals surface area contributed by atoms with Crippen LogP contribution in [0.4, 0.5) is 0 Å². The Kier molecular flexibility index (Phi) is 3.46. The average Bonchev–Trinajstić information content (AvgIpc) is 2.69. The van der Waals surface area contributed by atoms with Crippen LogP contribution in [0.3, 0.4) is 0 Å². The lowest BCUT2D eigenvalue weighted by Crippen LogP contribution is -2.48. The maximum atomic E-state index is 12.1. The van der Waals surface area contributed by atoms with Crippen LogP contribution >= 0.6 is 0 Å². The largest absolute Gasteiger partial charge is 0.396 e. The zero-order chi connectivity index (χ0) is 12.6. The molecule has 1 spiro atoms. The van der Waals surface area contributed by atoms with E-state index in [9.17, 15) is 4.79 Å². The van der Waals surface area contributed by atoms with E-state index >= 15 is 0 Å². The lowest BCUT2D eigenvalue weighted by molar-refractivity contribution is -0.133. The third-order valence-electron chi connectivity index (χ3n) is 4.45. The number of hydrogen-bond donors (Lipinski definition) is 2. The molecular weight excluding hydrogens is 216 g/mol. The minimum Gasteiger partial charge on any atom is -0.396 e. The molecule has 1 saturated heterocycles. The molecule has 2 rings (SSSR count). The van der Waals surface area contributed by atoms with Crippen molar-refractivity contribution >= 4 is 5.91 Å². The second-order valence-corrected chi connectivity index (χ2v) is 6.24. The summed E-state index contributed by atoms with van der Waals surface area (Å²) >= 11 is 0. The summed E-state index contributed by atoms with van der Waals surface area (Å²) in [5, 5.41) is 9.07. The number of carbonyl (C=O) groups excluding carboxylic acids is 1. The normalized spacial score (nSPS) is 34.2. The van der Waals surface area contributed by atoms with Crippen molar-refractivity contribution in [2.45, 2.75) is 39.2 Å². The number of rotatable bonds is 3. The van der Waals surface area contributed by atoms with Crippen LogP contribution in [-0.2, 0) is 4.79 Å². The topological polar surface area (TPSA) is 66.6 Å². The van der Waals surface area contributed by atoms with Gasteiger partial charge in [0.2, 0.25) is 5.91 Å². The Morgan fingerprint density at radius 1 is 1.53 bits per heavy atom. The van der Waals surface area contributed by atoms with Crippen molar-refractivity contribution in [3.8, 4) is 0 Å². The Morgan fingerprint density at radius 2 is 2.18 bits per heavy atom. The van der Waals surface area contributed by atoms with E-state index < -0.39 is 0 Å². The van der Waals surface area contributed by atoms with Crippen LogP contribution in [0, 0.1) is 17.3 Å². The molecule has 4 heteroatoms. The van der Waals surface area contributed by atoms with Gasteiger partial charge >= 0.3 is 0 Å². The Morgan fingerprint density at radius 3 is 2.71 bits per heavy atom. The van der Waals surface area contributed by atoms with Gasteiger partial charge in [0.05, 0.1) is 6.04 Å². The number of likely N-dealkylation sites (tertiary alicyclic amines) is 1. The molecule has 1 aliphatic carbocycles. The van der Waals surface area contributed by atoms with Crippen LogP contribution in [0.15, 0.2) is 0 Å². The SMILES string of the molecule is CC(C)C(N)C(=O)N1CCC2(CC(CO)C2)C1. The van der Waals surface area contributed by atoms with Crippen LogP contribution in [0.5, 0.6) is 0 Å². The van der Waals surface area contributed by atoms with Gasteiger partial charge in [-0.15, -0.1) is 0 Å². The maximum absolute atomic E-state index is 12.1.